The van der Waals surface area contributed by atoms with Crippen LogP contribution < -0.4 is 0 Å². The summed E-state index contributed by atoms with van der Waals surface area (Å²) in [4.78, 5) is 21.4. The molecule has 1 spiro atoms. The van der Waals surface area contributed by atoms with E-state index in [1.807, 2.05) is 23.7 Å². The van der Waals surface area contributed by atoms with Gasteiger partial charge in [0.15, 0.2) is 0 Å². The number of aryl methyl sites for hydroxylation is 1. The molecule has 1 aliphatic heterocycles. The predicted molar refractivity (Wildman–Crippen MR) is 104 cm³/mol. The first-order valence-corrected chi connectivity index (χ1v) is 10.5. The Morgan fingerprint density at radius 1 is 1.35 bits per heavy atom. The summed E-state index contributed by atoms with van der Waals surface area (Å²) in [7, 11) is 2.22. The van der Waals surface area contributed by atoms with Crippen LogP contribution in [0.5, 0.6) is 0 Å². The van der Waals surface area contributed by atoms with E-state index in [0.717, 1.165) is 45.4 Å². The van der Waals surface area contributed by atoms with Gasteiger partial charge in [-0.15, -0.1) is 11.3 Å². The molecule has 1 atom stereocenters. The molecule has 1 aliphatic carbocycles. The number of amides is 1. The van der Waals surface area contributed by atoms with Crippen molar-refractivity contribution in [3.05, 3.63) is 41.1 Å². The summed E-state index contributed by atoms with van der Waals surface area (Å²) in [6.07, 6.45) is 11.2. The van der Waals surface area contributed by atoms with Gasteiger partial charge in [-0.3, -0.25) is 9.69 Å². The van der Waals surface area contributed by atoms with Crippen LogP contribution in [0.15, 0.2) is 36.1 Å². The van der Waals surface area contributed by atoms with Gasteiger partial charge in [0.2, 0.25) is 5.91 Å². The lowest BCUT2D eigenvalue weighted by Crippen LogP contribution is -2.41. The van der Waals surface area contributed by atoms with Crippen molar-refractivity contribution >= 4 is 17.2 Å². The molecule has 6 heteroatoms. The van der Waals surface area contributed by atoms with Crippen LogP contribution in [0.3, 0.4) is 0 Å². The molecule has 4 rings (SSSR count). The second-order valence-electron chi connectivity index (χ2n) is 7.83. The third kappa shape index (κ3) is 3.86. The number of nitrogens with zero attached hydrogens (tertiary/aromatic N) is 4. The van der Waals surface area contributed by atoms with E-state index in [1.165, 1.54) is 11.4 Å². The van der Waals surface area contributed by atoms with Gasteiger partial charge in [0, 0.05) is 56.1 Å². The summed E-state index contributed by atoms with van der Waals surface area (Å²) in [5, 5.41) is 3.25. The lowest BCUT2D eigenvalue weighted by Gasteiger charge is -2.34. The number of thiazole rings is 1. The van der Waals surface area contributed by atoms with E-state index < -0.39 is 0 Å². The van der Waals surface area contributed by atoms with E-state index in [1.54, 1.807) is 11.3 Å². The summed E-state index contributed by atoms with van der Waals surface area (Å²) < 4.78 is 2.14. The number of piperidine rings is 1. The quantitative estimate of drug-likeness (QED) is 0.749. The van der Waals surface area contributed by atoms with E-state index in [0.29, 0.717) is 23.8 Å². The maximum absolute atomic E-state index is 12.5. The first-order chi connectivity index (χ1) is 12.7. The Morgan fingerprint density at radius 3 is 2.81 bits per heavy atom. The Morgan fingerprint density at radius 2 is 2.12 bits per heavy atom. The number of hydrogen-bond acceptors (Lipinski definition) is 4. The average Bonchev–Trinajstić information content (AvgIpc) is 3.04. The molecule has 0 N–H and O–H groups in total. The molecule has 2 aromatic rings. The van der Waals surface area contributed by atoms with Crippen molar-refractivity contribution in [2.24, 2.45) is 5.41 Å². The molecule has 1 saturated heterocycles. The van der Waals surface area contributed by atoms with Gasteiger partial charge in [-0.1, -0.05) is 0 Å². The minimum Gasteiger partial charge on any atom is -0.354 e. The molecule has 0 aromatic carbocycles. The normalized spacial score (nSPS) is 21.5. The zero-order valence-electron chi connectivity index (χ0n) is 15.5. The predicted octanol–water partition coefficient (Wildman–Crippen LogP) is 3.24. The Labute approximate surface area is 159 Å². The van der Waals surface area contributed by atoms with Gasteiger partial charge in [0.25, 0.3) is 0 Å². The van der Waals surface area contributed by atoms with Gasteiger partial charge < -0.3 is 9.47 Å². The molecule has 3 heterocycles. The van der Waals surface area contributed by atoms with Crippen molar-refractivity contribution in [1.29, 1.82) is 0 Å². The highest BCUT2D eigenvalue weighted by atomic mass is 32.1. The van der Waals surface area contributed by atoms with Gasteiger partial charge in [0.1, 0.15) is 5.01 Å². The Balaban J connectivity index is 1.20. The van der Waals surface area contributed by atoms with Crippen molar-refractivity contribution < 1.29 is 4.79 Å². The van der Waals surface area contributed by atoms with Crippen LogP contribution in [0.25, 0.3) is 0 Å². The molecule has 2 aromatic heterocycles. The van der Waals surface area contributed by atoms with Gasteiger partial charge in [0.05, 0.1) is 6.54 Å². The van der Waals surface area contributed by atoms with E-state index in [9.17, 15) is 4.79 Å². The highest BCUT2D eigenvalue weighted by Crippen LogP contribution is 2.56. The largest absolute Gasteiger partial charge is 0.354 e. The fourth-order valence-electron chi connectivity index (χ4n) is 4.43. The maximum atomic E-state index is 12.5. The third-order valence-electron chi connectivity index (χ3n) is 6.13. The van der Waals surface area contributed by atoms with Crippen LogP contribution in [0.2, 0.25) is 0 Å². The number of rotatable bonds is 7. The molecule has 0 bridgehead atoms. The molecule has 2 fully saturated rings. The summed E-state index contributed by atoms with van der Waals surface area (Å²) in [6, 6.07) is 4.73. The van der Waals surface area contributed by atoms with Crippen molar-refractivity contribution in [2.45, 2.75) is 51.2 Å². The average molecular weight is 373 g/mol. The summed E-state index contributed by atoms with van der Waals surface area (Å²) in [6.45, 7) is 3.75. The number of likely N-dealkylation sites (tertiary alicyclic amines) is 1. The SMILES string of the molecule is CN(Cc1nccs1)C1CC12CCN(C(=O)CCCn1cccc1)CC2. The monoisotopic (exact) mass is 372 g/mol. The standard InChI is InChI=1S/C20H28N4OS/c1-22(16-18-21-8-14-26-18)17-15-20(17)6-12-24(13-7-20)19(25)5-4-11-23-9-2-3-10-23/h2-3,8-10,14,17H,4-7,11-13,15-16H2,1H3. The van der Waals surface area contributed by atoms with Crippen molar-refractivity contribution in [3.8, 4) is 0 Å². The number of hydrogen-bond donors (Lipinski definition) is 0. The lowest BCUT2D eigenvalue weighted by molar-refractivity contribution is -0.133. The van der Waals surface area contributed by atoms with Gasteiger partial charge in [-0.25, -0.2) is 4.98 Å². The lowest BCUT2D eigenvalue weighted by atomic mass is 9.92. The molecule has 1 amide bonds. The second-order valence-corrected chi connectivity index (χ2v) is 8.81. The summed E-state index contributed by atoms with van der Waals surface area (Å²) in [5.74, 6) is 0.334. The molecule has 0 radical (unpaired) electrons. The van der Waals surface area contributed by atoms with Gasteiger partial charge in [-0.05, 0) is 50.3 Å². The van der Waals surface area contributed by atoms with E-state index in [-0.39, 0.29) is 0 Å². The second kappa shape index (κ2) is 7.53. The van der Waals surface area contributed by atoms with Crippen LogP contribution in [0.4, 0.5) is 0 Å². The summed E-state index contributed by atoms with van der Waals surface area (Å²) in [5.41, 5.74) is 0.452. The molecular formula is C20H28N4OS. The zero-order chi connectivity index (χ0) is 18.0. The minimum atomic E-state index is 0.334. The topological polar surface area (TPSA) is 41.4 Å². The number of carbonyl (C=O) groups excluding carboxylic acids is 1. The van der Waals surface area contributed by atoms with Crippen LogP contribution in [-0.4, -0.2) is 51.4 Å². The Hall–Kier alpha value is -1.66. The zero-order valence-corrected chi connectivity index (χ0v) is 16.3. The third-order valence-corrected chi connectivity index (χ3v) is 6.90. The number of carbonyl (C=O) groups is 1. The van der Waals surface area contributed by atoms with Gasteiger partial charge >= 0.3 is 0 Å². The minimum absolute atomic E-state index is 0.334. The molecule has 5 nitrogen and oxygen atoms in total. The summed E-state index contributed by atoms with van der Waals surface area (Å²) >= 11 is 1.73. The van der Waals surface area contributed by atoms with Crippen LogP contribution in [-0.2, 0) is 17.9 Å². The van der Waals surface area contributed by atoms with Crippen molar-refractivity contribution in [3.63, 3.8) is 0 Å². The van der Waals surface area contributed by atoms with Crippen LogP contribution in [0.1, 0.15) is 37.1 Å². The Bertz CT molecular complexity index is 704. The first kappa shape index (κ1) is 17.7. The van der Waals surface area contributed by atoms with E-state index >= 15 is 0 Å². The molecule has 140 valence electrons. The molecular weight excluding hydrogens is 344 g/mol. The van der Waals surface area contributed by atoms with Crippen molar-refractivity contribution in [2.75, 3.05) is 20.1 Å². The van der Waals surface area contributed by atoms with E-state index in [4.69, 9.17) is 0 Å². The first-order valence-electron chi connectivity index (χ1n) is 9.63. The number of aromatic nitrogens is 2. The van der Waals surface area contributed by atoms with Crippen LogP contribution in [0, 0.1) is 5.41 Å². The fraction of sp³-hybridized carbons (Fsp3) is 0.600. The van der Waals surface area contributed by atoms with E-state index in [2.05, 4.69) is 38.8 Å². The van der Waals surface area contributed by atoms with Gasteiger partial charge in [-0.2, -0.15) is 0 Å². The molecule has 1 unspecified atom stereocenters. The fourth-order valence-corrected chi connectivity index (χ4v) is 5.11. The Kier molecular flexibility index (Phi) is 5.14. The van der Waals surface area contributed by atoms with Crippen LogP contribution >= 0.6 is 11.3 Å². The smallest absolute Gasteiger partial charge is 0.222 e. The van der Waals surface area contributed by atoms with Crippen molar-refractivity contribution in [1.82, 2.24) is 19.4 Å². The molecule has 2 aliphatic rings. The molecule has 26 heavy (non-hydrogen) atoms. The maximum Gasteiger partial charge on any atom is 0.222 e. The highest BCUT2D eigenvalue weighted by Gasteiger charge is 2.56. The highest BCUT2D eigenvalue weighted by molar-refractivity contribution is 7.09. The molecule has 1 saturated carbocycles.